The van der Waals surface area contributed by atoms with Crippen LogP contribution in [0.2, 0.25) is 0 Å². The third-order valence-corrected chi connectivity index (χ3v) is 7.17. The topological polar surface area (TPSA) is 106 Å². The Bertz CT molecular complexity index is 1340. The zero-order valence-electron chi connectivity index (χ0n) is 20.2. The van der Waals surface area contributed by atoms with Gasteiger partial charge in [-0.3, -0.25) is 14.5 Å². The van der Waals surface area contributed by atoms with Gasteiger partial charge >= 0.3 is 5.97 Å². The molecule has 2 aromatic heterocycles. The first-order chi connectivity index (χ1) is 16.9. The average molecular weight is 479 g/mol. The SMILES string of the molecule is CCOC(=O)c1[nH]c2ccc(OC)cc2c1NC(=O)[C@@H](C)N1C[C@H]2C[C@@H](C1)c1cccc(=O)n1C2. The first-order valence-electron chi connectivity index (χ1n) is 12.0. The van der Waals surface area contributed by atoms with Crippen LogP contribution in [-0.2, 0) is 16.1 Å². The van der Waals surface area contributed by atoms with Crippen molar-refractivity contribution in [2.45, 2.75) is 38.8 Å². The number of methoxy groups -OCH3 is 1. The third kappa shape index (κ3) is 4.20. The number of hydrogen-bond acceptors (Lipinski definition) is 6. The maximum absolute atomic E-state index is 13.5. The van der Waals surface area contributed by atoms with E-state index in [0.29, 0.717) is 41.3 Å². The number of piperidine rings is 1. The summed E-state index contributed by atoms with van der Waals surface area (Å²) in [6.07, 6.45) is 1.02. The van der Waals surface area contributed by atoms with Gasteiger partial charge in [0.15, 0.2) is 0 Å². The van der Waals surface area contributed by atoms with Crippen LogP contribution < -0.4 is 15.6 Å². The maximum atomic E-state index is 13.5. The molecule has 0 radical (unpaired) electrons. The van der Waals surface area contributed by atoms with Crippen molar-refractivity contribution in [2.75, 3.05) is 32.1 Å². The number of hydrogen-bond donors (Lipinski definition) is 2. The molecule has 0 spiro atoms. The molecule has 184 valence electrons. The van der Waals surface area contributed by atoms with E-state index < -0.39 is 12.0 Å². The summed E-state index contributed by atoms with van der Waals surface area (Å²) in [6.45, 7) is 5.95. The van der Waals surface area contributed by atoms with E-state index in [1.165, 1.54) is 0 Å². The van der Waals surface area contributed by atoms with Gasteiger partial charge in [-0.15, -0.1) is 0 Å². The van der Waals surface area contributed by atoms with Crippen molar-refractivity contribution >= 4 is 28.5 Å². The van der Waals surface area contributed by atoms with E-state index in [-0.39, 0.29) is 29.7 Å². The lowest BCUT2D eigenvalue weighted by atomic mass is 9.82. The van der Waals surface area contributed by atoms with Crippen molar-refractivity contribution in [1.82, 2.24) is 14.5 Å². The molecule has 0 aliphatic carbocycles. The Balaban J connectivity index is 1.41. The Labute approximate surface area is 203 Å². The maximum Gasteiger partial charge on any atom is 0.356 e. The zero-order chi connectivity index (χ0) is 24.7. The summed E-state index contributed by atoms with van der Waals surface area (Å²) in [4.78, 5) is 43.7. The second-order valence-electron chi connectivity index (χ2n) is 9.32. The Morgan fingerprint density at radius 3 is 2.80 bits per heavy atom. The van der Waals surface area contributed by atoms with E-state index in [1.807, 2.05) is 23.6 Å². The molecule has 1 aromatic carbocycles. The molecule has 5 rings (SSSR count). The number of pyridine rings is 1. The number of carbonyl (C=O) groups excluding carboxylic acids is 2. The molecule has 2 aliphatic heterocycles. The highest BCUT2D eigenvalue weighted by Gasteiger charge is 2.37. The van der Waals surface area contributed by atoms with Crippen LogP contribution in [0.25, 0.3) is 10.9 Å². The molecule has 3 atom stereocenters. The Morgan fingerprint density at radius 1 is 1.20 bits per heavy atom. The average Bonchev–Trinajstić information content (AvgIpc) is 3.21. The number of ether oxygens (including phenoxy) is 2. The summed E-state index contributed by atoms with van der Waals surface area (Å²) < 4.78 is 12.4. The van der Waals surface area contributed by atoms with Gasteiger partial charge in [-0.05, 0) is 50.5 Å². The first kappa shape index (κ1) is 23.2. The lowest BCUT2D eigenvalue weighted by molar-refractivity contribution is -0.121. The van der Waals surface area contributed by atoms with E-state index in [9.17, 15) is 14.4 Å². The number of nitrogens with zero attached hydrogens (tertiary/aromatic N) is 2. The Kier molecular flexibility index (Phi) is 6.10. The minimum Gasteiger partial charge on any atom is -0.497 e. The van der Waals surface area contributed by atoms with E-state index >= 15 is 0 Å². The number of likely N-dealkylation sites (tertiary alicyclic amines) is 1. The predicted octanol–water partition coefficient (Wildman–Crippen LogP) is 2.96. The predicted molar refractivity (Wildman–Crippen MR) is 132 cm³/mol. The number of fused-ring (bicyclic) bond motifs is 5. The molecule has 4 heterocycles. The van der Waals surface area contributed by atoms with E-state index in [0.717, 1.165) is 18.7 Å². The van der Waals surface area contributed by atoms with Crippen LogP contribution >= 0.6 is 0 Å². The summed E-state index contributed by atoms with van der Waals surface area (Å²) in [5.74, 6) is 0.404. The van der Waals surface area contributed by atoms with Crippen LogP contribution in [0.3, 0.4) is 0 Å². The van der Waals surface area contributed by atoms with E-state index in [1.54, 1.807) is 38.3 Å². The van der Waals surface area contributed by atoms with Crippen molar-refractivity contribution in [3.63, 3.8) is 0 Å². The molecule has 3 aromatic rings. The number of aromatic nitrogens is 2. The number of carbonyl (C=O) groups is 2. The normalized spacial score (nSPS) is 20.2. The van der Waals surface area contributed by atoms with Crippen LogP contribution in [0.5, 0.6) is 5.75 Å². The van der Waals surface area contributed by atoms with Crippen molar-refractivity contribution in [3.8, 4) is 5.75 Å². The molecular weight excluding hydrogens is 448 g/mol. The fraction of sp³-hybridized carbons (Fsp3) is 0.423. The standard InChI is InChI=1S/C26H30N4O5/c1-4-35-26(33)24-23(19-11-18(34-3)8-9-20(19)27-24)28-25(32)15(2)29-12-16-10-17(14-29)21-6-5-7-22(31)30(21)13-16/h5-9,11,15-17,27H,4,10,12-14H2,1-3H3,(H,28,32)/t15-,16-,17+/m1/s1. The summed E-state index contributed by atoms with van der Waals surface area (Å²) in [7, 11) is 1.57. The van der Waals surface area contributed by atoms with Crippen LogP contribution in [0.15, 0.2) is 41.2 Å². The highest BCUT2D eigenvalue weighted by atomic mass is 16.5. The number of nitrogens with one attached hydrogen (secondary N) is 2. The summed E-state index contributed by atoms with van der Waals surface area (Å²) in [5.41, 5.74) is 2.38. The van der Waals surface area contributed by atoms with Crippen molar-refractivity contribution in [2.24, 2.45) is 5.92 Å². The quantitative estimate of drug-likeness (QED) is 0.528. The Hall–Kier alpha value is -3.59. The smallest absolute Gasteiger partial charge is 0.356 e. The van der Waals surface area contributed by atoms with Crippen LogP contribution in [0.4, 0.5) is 5.69 Å². The summed E-state index contributed by atoms with van der Waals surface area (Å²) in [6, 6.07) is 10.4. The van der Waals surface area contributed by atoms with Crippen molar-refractivity contribution < 1.29 is 19.1 Å². The monoisotopic (exact) mass is 478 g/mol. The highest BCUT2D eigenvalue weighted by molar-refractivity contribution is 6.12. The second-order valence-corrected chi connectivity index (χ2v) is 9.32. The minimum atomic E-state index is -0.528. The van der Waals surface area contributed by atoms with Crippen molar-refractivity contribution in [1.29, 1.82) is 0 Å². The van der Waals surface area contributed by atoms with Gasteiger partial charge in [0.1, 0.15) is 11.4 Å². The molecule has 9 heteroatoms. The zero-order valence-corrected chi connectivity index (χ0v) is 20.2. The van der Waals surface area contributed by atoms with Gasteiger partial charge in [-0.2, -0.15) is 0 Å². The third-order valence-electron chi connectivity index (χ3n) is 7.17. The molecule has 1 saturated heterocycles. The molecule has 1 amide bonds. The van der Waals surface area contributed by atoms with Gasteiger partial charge < -0.3 is 24.3 Å². The molecule has 35 heavy (non-hydrogen) atoms. The molecule has 1 fully saturated rings. The number of anilines is 1. The van der Waals surface area contributed by atoms with Crippen molar-refractivity contribution in [3.05, 3.63) is 58.1 Å². The Morgan fingerprint density at radius 2 is 2.03 bits per heavy atom. The lowest BCUT2D eigenvalue weighted by Gasteiger charge is -2.44. The van der Waals surface area contributed by atoms with Gasteiger partial charge in [-0.25, -0.2) is 4.79 Å². The van der Waals surface area contributed by atoms with E-state index in [2.05, 4.69) is 15.2 Å². The molecule has 2 bridgehead atoms. The molecule has 9 nitrogen and oxygen atoms in total. The fourth-order valence-corrected chi connectivity index (χ4v) is 5.43. The number of amides is 1. The van der Waals surface area contributed by atoms with Crippen LogP contribution in [-0.4, -0.2) is 59.2 Å². The van der Waals surface area contributed by atoms with Crippen LogP contribution in [0.1, 0.15) is 42.4 Å². The van der Waals surface area contributed by atoms with Gasteiger partial charge in [0.05, 0.1) is 25.4 Å². The number of esters is 1. The number of aromatic amines is 1. The van der Waals surface area contributed by atoms with E-state index in [4.69, 9.17) is 9.47 Å². The number of benzene rings is 1. The molecule has 0 unspecified atom stereocenters. The summed E-state index contributed by atoms with van der Waals surface area (Å²) >= 11 is 0. The molecule has 0 saturated carbocycles. The first-order valence-corrected chi connectivity index (χ1v) is 12.0. The van der Waals surface area contributed by atoms with Gasteiger partial charge in [-0.1, -0.05) is 6.07 Å². The summed E-state index contributed by atoms with van der Waals surface area (Å²) in [5, 5.41) is 3.67. The van der Waals surface area contributed by atoms with Gasteiger partial charge in [0.25, 0.3) is 5.56 Å². The number of H-pyrrole nitrogens is 1. The number of rotatable bonds is 6. The largest absolute Gasteiger partial charge is 0.497 e. The van der Waals surface area contributed by atoms with Crippen LogP contribution in [0, 0.1) is 5.92 Å². The fourth-order valence-electron chi connectivity index (χ4n) is 5.43. The lowest BCUT2D eigenvalue weighted by Crippen LogP contribution is -2.52. The molecule has 2 N–H and O–H groups in total. The van der Waals surface area contributed by atoms with Gasteiger partial charge in [0, 0.05) is 48.2 Å². The molecular formula is C26H30N4O5. The highest BCUT2D eigenvalue weighted by Crippen LogP contribution is 2.36. The second kappa shape index (κ2) is 9.22. The molecule has 2 aliphatic rings. The minimum absolute atomic E-state index is 0.0395. The van der Waals surface area contributed by atoms with Gasteiger partial charge in [0.2, 0.25) is 5.91 Å².